The Bertz CT molecular complexity index is 407. The molecule has 1 aliphatic carbocycles. The summed E-state index contributed by atoms with van der Waals surface area (Å²) in [6.07, 6.45) is 2.57. The average Bonchev–Trinajstić information content (AvgIpc) is 2.81. The fraction of sp³-hybridized carbons (Fsp3) is 0.538. The molecule has 0 saturated heterocycles. The zero-order chi connectivity index (χ0) is 11.1. The lowest BCUT2D eigenvalue weighted by molar-refractivity contribution is 0.226. The van der Waals surface area contributed by atoms with Crippen molar-refractivity contribution in [1.29, 1.82) is 0 Å². The van der Waals surface area contributed by atoms with E-state index in [0.29, 0.717) is 0 Å². The van der Waals surface area contributed by atoms with Crippen LogP contribution in [-0.2, 0) is 6.42 Å². The van der Waals surface area contributed by atoms with Gasteiger partial charge in [-0.1, -0.05) is 18.5 Å². The number of hydrogen-bond acceptors (Lipinski definition) is 2. The number of hydrogen-bond donors (Lipinski definition) is 1. The second kappa shape index (κ2) is 3.94. The summed E-state index contributed by atoms with van der Waals surface area (Å²) < 4.78 is 5.85. The van der Waals surface area contributed by atoms with Crippen LogP contribution in [0.25, 0.3) is 0 Å². The molecule has 1 heterocycles. The third kappa shape index (κ3) is 2.04. The Morgan fingerprint density at radius 3 is 3.06 bits per heavy atom. The quantitative estimate of drug-likeness (QED) is 0.873. The van der Waals surface area contributed by atoms with Crippen molar-refractivity contribution in [3.63, 3.8) is 0 Å². The highest BCUT2D eigenvalue weighted by molar-refractivity contribution is 6.30. The molecule has 0 amide bonds. The van der Waals surface area contributed by atoms with Crippen LogP contribution in [0.15, 0.2) is 18.2 Å². The maximum absolute atomic E-state index is 5.96. The van der Waals surface area contributed by atoms with Crippen LogP contribution in [0.1, 0.15) is 18.9 Å². The fourth-order valence-electron chi connectivity index (χ4n) is 2.29. The molecule has 0 spiro atoms. The highest BCUT2D eigenvalue weighted by Gasteiger charge is 2.33. The Hall–Kier alpha value is -0.730. The van der Waals surface area contributed by atoms with Gasteiger partial charge in [0.15, 0.2) is 0 Å². The number of ether oxygens (including phenoxy) is 1. The molecule has 16 heavy (non-hydrogen) atoms. The van der Waals surface area contributed by atoms with Crippen LogP contribution in [0.5, 0.6) is 5.75 Å². The molecule has 1 aromatic carbocycles. The van der Waals surface area contributed by atoms with Crippen LogP contribution < -0.4 is 10.1 Å². The van der Waals surface area contributed by atoms with Gasteiger partial charge in [-0.15, -0.1) is 0 Å². The molecule has 1 N–H and O–H groups in total. The van der Waals surface area contributed by atoms with Crippen molar-refractivity contribution in [1.82, 2.24) is 5.32 Å². The molecule has 1 saturated carbocycles. The topological polar surface area (TPSA) is 21.3 Å². The molecular formula is C13H16ClNO. The van der Waals surface area contributed by atoms with Crippen LogP contribution >= 0.6 is 11.6 Å². The predicted molar refractivity (Wildman–Crippen MR) is 65.1 cm³/mol. The summed E-state index contributed by atoms with van der Waals surface area (Å²) in [6, 6.07) is 6.59. The van der Waals surface area contributed by atoms with Gasteiger partial charge in [0.2, 0.25) is 0 Å². The summed E-state index contributed by atoms with van der Waals surface area (Å²) in [4.78, 5) is 0. The monoisotopic (exact) mass is 237 g/mol. The van der Waals surface area contributed by atoms with E-state index in [-0.39, 0.29) is 6.10 Å². The smallest absolute Gasteiger partial charge is 0.123 e. The molecule has 86 valence electrons. The molecule has 2 nitrogen and oxygen atoms in total. The number of fused-ring (bicyclic) bond motifs is 1. The van der Waals surface area contributed by atoms with E-state index < -0.39 is 0 Å². The van der Waals surface area contributed by atoms with Gasteiger partial charge in [0, 0.05) is 24.0 Å². The second-order valence-corrected chi connectivity index (χ2v) is 5.36. The first-order valence-electron chi connectivity index (χ1n) is 5.91. The number of rotatable bonds is 3. The SMILES string of the molecule is CC1CC1NCC1Cc2cc(Cl)ccc2O1. The molecule has 3 atom stereocenters. The Kier molecular flexibility index (Phi) is 2.56. The minimum atomic E-state index is 0.279. The lowest BCUT2D eigenvalue weighted by Gasteiger charge is -2.11. The number of nitrogens with one attached hydrogen (secondary N) is 1. The molecule has 3 heteroatoms. The first-order chi connectivity index (χ1) is 7.72. The van der Waals surface area contributed by atoms with Crippen molar-refractivity contribution in [2.75, 3.05) is 6.54 Å². The second-order valence-electron chi connectivity index (χ2n) is 4.92. The van der Waals surface area contributed by atoms with Crippen molar-refractivity contribution in [2.45, 2.75) is 31.9 Å². The van der Waals surface area contributed by atoms with E-state index in [9.17, 15) is 0 Å². The van der Waals surface area contributed by atoms with Crippen molar-refractivity contribution in [2.24, 2.45) is 5.92 Å². The molecule has 0 bridgehead atoms. The molecule has 1 aliphatic heterocycles. The zero-order valence-electron chi connectivity index (χ0n) is 9.37. The van der Waals surface area contributed by atoms with Crippen LogP contribution in [0.3, 0.4) is 0 Å². The lowest BCUT2D eigenvalue weighted by Crippen LogP contribution is -2.32. The molecule has 0 aromatic heterocycles. The van der Waals surface area contributed by atoms with Crippen LogP contribution in [0.2, 0.25) is 5.02 Å². The van der Waals surface area contributed by atoms with Gasteiger partial charge in [0.05, 0.1) is 0 Å². The lowest BCUT2D eigenvalue weighted by atomic mass is 10.1. The summed E-state index contributed by atoms with van der Waals surface area (Å²) in [5.41, 5.74) is 1.24. The number of halogens is 1. The predicted octanol–water partition coefficient (Wildman–Crippen LogP) is 2.64. The van der Waals surface area contributed by atoms with Crippen LogP contribution in [0.4, 0.5) is 0 Å². The van der Waals surface area contributed by atoms with E-state index >= 15 is 0 Å². The Morgan fingerprint density at radius 1 is 1.50 bits per heavy atom. The standard InChI is InChI=1S/C13H16ClNO/c1-8-4-12(8)15-7-11-6-9-5-10(14)2-3-13(9)16-11/h2-3,5,8,11-12,15H,4,6-7H2,1H3. The maximum Gasteiger partial charge on any atom is 0.123 e. The highest BCUT2D eigenvalue weighted by Crippen LogP contribution is 2.32. The summed E-state index contributed by atoms with van der Waals surface area (Å²) in [6.45, 7) is 3.23. The van der Waals surface area contributed by atoms with E-state index in [2.05, 4.69) is 12.2 Å². The molecule has 1 aromatic rings. The van der Waals surface area contributed by atoms with Gasteiger partial charge >= 0.3 is 0 Å². The molecule has 1 fully saturated rings. The van der Waals surface area contributed by atoms with Gasteiger partial charge in [0.25, 0.3) is 0 Å². The summed E-state index contributed by atoms with van der Waals surface area (Å²) in [5.74, 6) is 1.85. The zero-order valence-corrected chi connectivity index (χ0v) is 10.1. The fourth-order valence-corrected chi connectivity index (χ4v) is 2.49. The third-order valence-corrected chi connectivity index (χ3v) is 3.72. The molecule has 3 rings (SSSR count). The Morgan fingerprint density at radius 2 is 2.31 bits per heavy atom. The first-order valence-corrected chi connectivity index (χ1v) is 6.28. The van der Waals surface area contributed by atoms with Crippen LogP contribution in [-0.4, -0.2) is 18.7 Å². The molecule has 0 radical (unpaired) electrons. The van der Waals surface area contributed by atoms with Gasteiger partial charge in [-0.3, -0.25) is 0 Å². The van der Waals surface area contributed by atoms with E-state index in [4.69, 9.17) is 16.3 Å². The average molecular weight is 238 g/mol. The number of benzene rings is 1. The third-order valence-electron chi connectivity index (χ3n) is 3.48. The Labute approximate surface area is 101 Å². The summed E-state index contributed by atoms with van der Waals surface area (Å²) >= 11 is 5.96. The van der Waals surface area contributed by atoms with Crippen molar-refractivity contribution in [3.8, 4) is 5.75 Å². The van der Waals surface area contributed by atoms with Crippen molar-refractivity contribution < 1.29 is 4.74 Å². The van der Waals surface area contributed by atoms with Crippen LogP contribution in [0, 0.1) is 5.92 Å². The van der Waals surface area contributed by atoms with Gasteiger partial charge in [-0.2, -0.15) is 0 Å². The maximum atomic E-state index is 5.96. The van der Waals surface area contributed by atoms with Gasteiger partial charge in [-0.25, -0.2) is 0 Å². The minimum Gasteiger partial charge on any atom is -0.488 e. The molecule has 3 unspecified atom stereocenters. The van der Waals surface area contributed by atoms with E-state index in [1.807, 2.05) is 18.2 Å². The van der Waals surface area contributed by atoms with E-state index in [1.54, 1.807) is 0 Å². The Balaban J connectivity index is 1.58. The van der Waals surface area contributed by atoms with Gasteiger partial charge < -0.3 is 10.1 Å². The highest BCUT2D eigenvalue weighted by atomic mass is 35.5. The van der Waals surface area contributed by atoms with E-state index in [0.717, 1.165) is 35.7 Å². The normalized spacial score (nSPS) is 31.0. The first kappa shape index (κ1) is 10.4. The van der Waals surface area contributed by atoms with Gasteiger partial charge in [0.1, 0.15) is 11.9 Å². The van der Waals surface area contributed by atoms with Crippen molar-refractivity contribution in [3.05, 3.63) is 28.8 Å². The summed E-state index contributed by atoms with van der Waals surface area (Å²) in [5, 5.41) is 4.34. The summed E-state index contributed by atoms with van der Waals surface area (Å²) in [7, 11) is 0. The molecular weight excluding hydrogens is 222 g/mol. The van der Waals surface area contributed by atoms with Gasteiger partial charge in [-0.05, 0) is 36.1 Å². The van der Waals surface area contributed by atoms with E-state index in [1.165, 1.54) is 12.0 Å². The molecule has 2 aliphatic rings. The van der Waals surface area contributed by atoms with Crippen molar-refractivity contribution >= 4 is 11.6 Å². The minimum absolute atomic E-state index is 0.279. The largest absolute Gasteiger partial charge is 0.488 e.